The molecule has 100 valence electrons. The van der Waals surface area contributed by atoms with Crippen molar-refractivity contribution in [3.63, 3.8) is 0 Å². The molecule has 2 atom stereocenters. The van der Waals surface area contributed by atoms with Gasteiger partial charge < -0.3 is 9.47 Å². The van der Waals surface area contributed by atoms with Crippen molar-refractivity contribution >= 4 is 0 Å². The van der Waals surface area contributed by atoms with Gasteiger partial charge in [-0.3, -0.25) is 0 Å². The molecule has 0 aliphatic heterocycles. The lowest BCUT2D eigenvalue weighted by Crippen LogP contribution is -2.30. The Morgan fingerprint density at radius 3 is 2.18 bits per heavy atom. The molecule has 0 aromatic carbocycles. The van der Waals surface area contributed by atoms with Gasteiger partial charge in [0.25, 0.3) is 0 Å². The lowest BCUT2D eigenvalue weighted by Gasteiger charge is -2.35. The van der Waals surface area contributed by atoms with Gasteiger partial charge in [-0.15, -0.1) is 0 Å². The van der Waals surface area contributed by atoms with Crippen LogP contribution in [0.5, 0.6) is 0 Å². The molecule has 2 heteroatoms. The van der Waals surface area contributed by atoms with E-state index in [4.69, 9.17) is 9.47 Å². The van der Waals surface area contributed by atoms with Gasteiger partial charge in [-0.05, 0) is 56.8 Å². The topological polar surface area (TPSA) is 18.5 Å². The Bertz CT molecular complexity index is 209. The summed E-state index contributed by atoms with van der Waals surface area (Å²) in [7, 11) is 3.75. The van der Waals surface area contributed by atoms with Crippen LogP contribution in [-0.2, 0) is 9.47 Å². The van der Waals surface area contributed by atoms with Crippen LogP contribution in [0.4, 0.5) is 0 Å². The van der Waals surface area contributed by atoms with Gasteiger partial charge in [0.15, 0.2) is 0 Å². The standard InChI is InChI=1S/C15H28O2/c1-16-14-9-7-12(8-10-14)11-13-5-3-4-6-15(13)17-2/h12-15H,3-11H2,1-2H3. The third-order valence-corrected chi connectivity index (χ3v) is 4.91. The van der Waals surface area contributed by atoms with E-state index in [2.05, 4.69) is 0 Å². The predicted octanol–water partition coefficient (Wildman–Crippen LogP) is 3.79. The Balaban J connectivity index is 1.76. The van der Waals surface area contributed by atoms with E-state index >= 15 is 0 Å². The Kier molecular flexibility index (Phi) is 5.30. The molecule has 17 heavy (non-hydrogen) atoms. The number of ether oxygens (including phenoxy) is 2. The van der Waals surface area contributed by atoms with Gasteiger partial charge in [-0.2, -0.15) is 0 Å². The van der Waals surface area contributed by atoms with Crippen LogP contribution in [0.15, 0.2) is 0 Å². The molecular formula is C15H28O2. The predicted molar refractivity (Wildman–Crippen MR) is 70.1 cm³/mol. The molecule has 2 aliphatic carbocycles. The van der Waals surface area contributed by atoms with Crippen LogP contribution in [0, 0.1) is 11.8 Å². The number of methoxy groups -OCH3 is 2. The van der Waals surface area contributed by atoms with Gasteiger partial charge in [-0.1, -0.05) is 12.8 Å². The quantitative estimate of drug-likeness (QED) is 0.744. The van der Waals surface area contributed by atoms with Crippen molar-refractivity contribution in [3.05, 3.63) is 0 Å². The van der Waals surface area contributed by atoms with Crippen LogP contribution in [0.1, 0.15) is 57.8 Å². The van der Waals surface area contributed by atoms with E-state index in [1.807, 2.05) is 14.2 Å². The van der Waals surface area contributed by atoms with Crippen LogP contribution in [0.25, 0.3) is 0 Å². The maximum absolute atomic E-state index is 5.66. The van der Waals surface area contributed by atoms with Gasteiger partial charge >= 0.3 is 0 Å². The highest BCUT2D eigenvalue weighted by atomic mass is 16.5. The molecule has 2 aliphatic rings. The Labute approximate surface area is 106 Å². The van der Waals surface area contributed by atoms with Crippen molar-refractivity contribution < 1.29 is 9.47 Å². The average molecular weight is 240 g/mol. The molecule has 0 aromatic rings. The molecule has 0 aromatic heterocycles. The summed E-state index contributed by atoms with van der Waals surface area (Å²) < 4.78 is 11.1. The van der Waals surface area contributed by atoms with E-state index in [9.17, 15) is 0 Å². The van der Waals surface area contributed by atoms with Gasteiger partial charge in [0.05, 0.1) is 12.2 Å². The lowest BCUT2D eigenvalue weighted by molar-refractivity contribution is 0.00341. The third kappa shape index (κ3) is 3.69. The van der Waals surface area contributed by atoms with Gasteiger partial charge in [0.1, 0.15) is 0 Å². The van der Waals surface area contributed by atoms with Gasteiger partial charge in [0, 0.05) is 14.2 Å². The van der Waals surface area contributed by atoms with Crippen LogP contribution >= 0.6 is 0 Å². The first-order chi connectivity index (χ1) is 8.33. The first-order valence-electron chi connectivity index (χ1n) is 7.39. The van der Waals surface area contributed by atoms with Crippen molar-refractivity contribution in [2.24, 2.45) is 11.8 Å². The van der Waals surface area contributed by atoms with E-state index in [0.717, 1.165) is 11.8 Å². The highest BCUT2D eigenvalue weighted by molar-refractivity contribution is 4.81. The SMILES string of the molecule is COC1CCC(CC2CCCCC2OC)CC1. The van der Waals surface area contributed by atoms with Crippen LogP contribution in [0.2, 0.25) is 0 Å². The maximum atomic E-state index is 5.66. The minimum absolute atomic E-state index is 0.538. The second-order valence-electron chi connectivity index (χ2n) is 5.93. The molecule has 0 saturated heterocycles. The summed E-state index contributed by atoms with van der Waals surface area (Å²) in [6.45, 7) is 0. The number of hydrogen-bond donors (Lipinski definition) is 0. The molecule has 2 unspecified atom stereocenters. The van der Waals surface area contributed by atoms with E-state index in [-0.39, 0.29) is 0 Å². The van der Waals surface area contributed by atoms with E-state index in [1.54, 1.807) is 0 Å². The molecule has 2 rings (SSSR count). The smallest absolute Gasteiger partial charge is 0.0599 e. The highest BCUT2D eigenvalue weighted by Gasteiger charge is 2.29. The first kappa shape index (κ1) is 13.4. The largest absolute Gasteiger partial charge is 0.381 e. The normalized spacial score (nSPS) is 39.2. The van der Waals surface area contributed by atoms with Crippen LogP contribution in [0.3, 0.4) is 0 Å². The number of hydrogen-bond acceptors (Lipinski definition) is 2. The molecule has 0 spiro atoms. The monoisotopic (exact) mass is 240 g/mol. The zero-order valence-corrected chi connectivity index (χ0v) is 11.5. The molecule has 0 heterocycles. The lowest BCUT2D eigenvalue weighted by atomic mass is 9.76. The Hall–Kier alpha value is -0.0800. The summed E-state index contributed by atoms with van der Waals surface area (Å²) in [6, 6.07) is 0. The molecule has 0 radical (unpaired) electrons. The average Bonchev–Trinajstić information content (AvgIpc) is 2.40. The van der Waals surface area contributed by atoms with Crippen LogP contribution in [-0.4, -0.2) is 26.4 Å². The highest BCUT2D eigenvalue weighted by Crippen LogP contribution is 2.36. The molecular weight excluding hydrogens is 212 g/mol. The van der Waals surface area contributed by atoms with Gasteiger partial charge in [-0.25, -0.2) is 0 Å². The summed E-state index contributed by atoms with van der Waals surface area (Å²) in [4.78, 5) is 0. The minimum Gasteiger partial charge on any atom is -0.381 e. The molecule has 0 N–H and O–H groups in total. The molecule has 2 fully saturated rings. The minimum atomic E-state index is 0.538. The second kappa shape index (κ2) is 6.75. The van der Waals surface area contributed by atoms with Crippen LogP contribution < -0.4 is 0 Å². The number of rotatable bonds is 4. The molecule has 0 amide bonds. The Morgan fingerprint density at radius 1 is 0.824 bits per heavy atom. The van der Waals surface area contributed by atoms with E-state index in [1.165, 1.54) is 57.8 Å². The summed E-state index contributed by atoms with van der Waals surface area (Å²) in [5.74, 6) is 1.76. The van der Waals surface area contributed by atoms with E-state index in [0.29, 0.717) is 12.2 Å². The third-order valence-electron chi connectivity index (χ3n) is 4.91. The molecule has 2 saturated carbocycles. The first-order valence-corrected chi connectivity index (χ1v) is 7.39. The summed E-state index contributed by atoms with van der Waals surface area (Å²) >= 11 is 0. The zero-order chi connectivity index (χ0) is 12.1. The zero-order valence-electron chi connectivity index (χ0n) is 11.5. The van der Waals surface area contributed by atoms with Crippen molar-refractivity contribution in [3.8, 4) is 0 Å². The molecule has 0 bridgehead atoms. The van der Waals surface area contributed by atoms with Crippen molar-refractivity contribution in [1.82, 2.24) is 0 Å². The fourth-order valence-corrected chi connectivity index (χ4v) is 3.78. The maximum Gasteiger partial charge on any atom is 0.0599 e. The summed E-state index contributed by atoms with van der Waals surface area (Å²) in [6.07, 6.45) is 13.2. The summed E-state index contributed by atoms with van der Waals surface area (Å²) in [5, 5.41) is 0. The van der Waals surface area contributed by atoms with Crippen molar-refractivity contribution in [2.45, 2.75) is 70.0 Å². The van der Waals surface area contributed by atoms with Crippen molar-refractivity contribution in [1.29, 1.82) is 0 Å². The molecule has 2 nitrogen and oxygen atoms in total. The summed E-state index contributed by atoms with van der Waals surface area (Å²) in [5.41, 5.74) is 0. The Morgan fingerprint density at radius 2 is 1.53 bits per heavy atom. The second-order valence-corrected chi connectivity index (χ2v) is 5.93. The fourth-order valence-electron chi connectivity index (χ4n) is 3.78. The fraction of sp³-hybridized carbons (Fsp3) is 1.00. The van der Waals surface area contributed by atoms with Crippen molar-refractivity contribution in [2.75, 3.05) is 14.2 Å². The van der Waals surface area contributed by atoms with Gasteiger partial charge in [0.2, 0.25) is 0 Å². The van der Waals surface area contributed by atoms with E-state index < -0.39 is 0 Å².